The van der Waals surface area contributed by atoms with Crippen molar-refractivity contribution in [1.82, 2.24) is 19.8 Å². The first kappa shape index (κ1) is 24.4. The lowest BCUT2D eigenvalue weighted by atomic mass is 10.1. The van der Waals surface area contributed by atoms with Crippen molar-refractivity contribution in [2.24, 2.45) is 0 Å². The molecule has 0 saturated carbocycles. The van der Waals surface area contributed by atoms with Crippen LogP contribution in [0.1, 0.15) is 28.8 Å². The van der Waals surface area contributed by atoms with Crippen molar-refractivity contribution in [3.63, 3.8) is 0 Å². The van der Waals surface area contributed by atoms with E-state index in [-0.39, 0.29) is 18.0 Å². The summed E-state index contributed by atoms with van der Waals surface area (Å²) >= 11 is 3.15. The molecule has 7 nitrogen and oxygen atoms in total. The van der Waals surface area contributed by atoms with Crippen LogP contribution < -0.4 is 10.1 Å². The predicted molar refractivity (Wildman–Crippen MR) is 145 cm³/mol. The molecular formula is C27H29N5O2S2. The van der Waals surface area contributed by atoms with Crippen molar-refractivity contribution in [2.45, 2.75) is 41.0 Å². The summed E-state index contributed by atoms with van der Waals surface area (Å²) in [5.41, 5.74) is 2.59. The number of pyridine rings is 1. The molecule has 5 rings (SSSR count). The van der Waals surface area contributed by atoms with E-state index in [2.05, 4.69) is 33.3 Å². The topological polar surface area (TPSA) is 70.6 Å². The molecule has 2 saturated heterocycles. The van der Waals surface area contributed by atoms with Gasteiger partial charge in [0.15, 0.2) is 5.13 Å². The summed E-state index contributed by atoms with van der Waals surface area (Å²) in [6.45, 7) is 11.4. The Morgan fingerprint density at radius 1 is 1.25 bits per heavy atom. The van der Waals surface area contributed by atoms with E-state index in [1.54, 1.807) is 36.4 Å². The van der Waals surface area contributed by atoms with E-state index in [9.17, 15) is 4.79 Å². The number of fused-ring (bicyclic) bond motifs is 2. The molecular weight excluding hydrogens is 490 g/mol. The van der Waals surface area contributed by atoms with Gasteiger partial charge in [-0.1, -0.05) is 42.3 Å². The Morgan fingerprint density at radius 2 is 2.03 bits per heavy atom. The molecule has 4 heterocycles. The zero-order chi connectivity index (χ0) is 25.2. The van der Waals surface area contributed by atoms with Crippen molar-refractivity contribution in [3.8, 4) is 5.75 Å². The quantitative estimate of drug-likeness (QED) is 0.381. The van der Waals surface area contributed by atoms with E-state index in [1.807, 2.05) is 54.4 Å². The number of hydrogen-bond donors (Lipinski definition) is 1. The highest BCUT2D eigenvalue weighted by atomic mass is 32.2. The number of piperazine rings is 1. The van der Waals surface area contributed by atoms with Gasteiger partial charge in [0.05, 0.1) is 23.1 Å². The summed E-state index contributed by atoms with van der Waals surface area (Å²) < 4.78 is 6.66. The Hall–Kier alpha value is -3.30. The van der Waals surface area contributed by atoms with Crippen molar-refractivity contribution in [1.29, 1.82) is 0 Å². The van der Waals surface area contributed by atoms with Crippen LogP contribution in [0.25, 0.3) is 0 Å². The number of aromatic nitrogens is 2. The third-order valence-electron chi connectivity index (χ3n) is 6.66. The molecule has 0 unspecified atom stereocenters. The summed E-state index contributed by atoms with van der Waals surface area (Å²) in [5, 5.41) is 4.00. The lowest BCUT2D eigenvalue weighted by molar-refractivity contribution is 0.0546. The van der Waals surface area contributed by atoms with Gasteiger partial charge in [-0.25, -0.2) is 9.97 Å². The smallest absolute Gasteiger partial charge is 0.257 e. The first-order chi connectivity index (χ1) is 17.5. The van der Waals surface area contributed by atoms with Gasteiger partial charge < -0.3 is 19.9 Å². The maximum atomic E-state index is 13.7. The molecule has 0 aliphatic carbocycles. The summed E-state index contributed by atoms with van der Waals surface area (Å²) in [5.74, 6) is 1.37. The number of nitrogens with zero attached hydrogens (tertiary/aromatic N) is 4. The molecule has 2 aliphatic rings. The number of benzene rings is 1. The number of thiazole rings is 1. The molecule has 3 aromatic rings. The van der Waals surface area contributed by atoms with Gasteiger partial charge in [0, 0.05) is 42.0 Å². The number of likely N-dealkylation sites (tertiary alicyclic amines) is 1. The molecule has 1 N–H and O–H groups in total. The molecule has 0 radical (unpaired) electrons. The molecule has 2 aromatic heterocycles. The molecule has 2 atom stereocenters. The van der Waals surface area contributed by atoms with Gasteiger partial charge in [0.2, 0.25) is 0 Å². The number of methoxy groups -OCH3 is 1. The largest absolute Gasteiger partial charge is 0.496 e. The molecule has 0 spiro atoms. The molecule has 36 heavy (non-hydrogen) atoms. The minimum Gasteiger partial charge on any atom is -0.496 e. The fraction of sp³-hybridized carbons (Fsp3) is 0.296. The molecule has 2 aliphatic heterocycles. The molecule has 9 heteroatoms. The van der Waals surface area contributed by atoms with Gasteiger partial charge >= 0.3 is 0 Å². The summed E-state index contributed by atoms with van der Waals surface area (Å²) in [6, 6.07) is 10.2. The number of aryl methyl sites for hydroxylation is 1. The maximum absolute atomic E-state index is 13.7. The van der Waals surface area contributed by atoms with E-state index in [4.69, 9.17) is 4.74 Å². The normalized spacial score (nSPS) is 18.7. The Bertz CT molecular complexity index is 1280. The Labute approximate surface area is 219 Å². The molecule has 2 bridgehead atoms. The minimum atomic E-state index is 0.0104. The Balaban J connectivity index is 1.35. The number of nitrogens with one attached hydrogen (secondary N) is 1. The van der Waals surface area contributed by atoms with E-state index < -0.39 is 0 Å². The second-order valence-electron chi connectivity index (χ2n) is 8.94. The van der Waals surface area contributed by atoms with Gasteiger partial charge in [-0.3, -0.25) is 4.79 Å². The van der Waals surface area contributed by atoms with Crippen molar-refractivity contribution >= 4 is 40.0 Å². The third-order valence-corrected chi connectivity index (χ3v) is 8.83. The SMILES string of the molecule is C=CC(=C)N1[C@@H]2CC[C@H]1CN(C(=O)c1cc(Sc3cnc(Nc4ccccn4)s3)c(C)cc1OC)C2. The highest BCUT2D eigenvalue weighted by Gasteiger charge is 2.41. The van der Waals surface area contributed by atoms with E-state index in [0.29, 0.717) is 24.4 Å². The summed E-state index contributed by atoms with van der Waals surface area (Å²) in [7, 11) is 1.62. The molecule has 2 fully saturated rings. The second kappa shape index (κ2) is 10.4. The van der Waals surface area contributed by atoms with Crippen LogP contribution in [0.3, 0.4) is 0 Å². The minimum absolute atomic E-state index is 0.0104. The average Bonchev–Trinajstić information content (AvgIpc) is 3.44. The number of rotatable bonds is 8. The Kier molecular flexibility index (Phi) is 7.02. The first-order valence-electron chi connectivity index (χ1n) is 11.9. The number of amides is 1. The zero-order valence-corrected chi connectivity index (χ0v) is 22.1. The van der Waals surface area contributed by atoms with Crippen LogP contribution in [0.2, 0.25) is 0 Å². The highest BCUT2D eigenvalue weighted by molar-refractivity contribution is 8.01. The molecule has 1 amide bonds. The van der Waals surface area contributed by atoms with Gasteiger partial charge in [0.25, 0.3) is 5.91 Å². The van der Waals surface area contributed by atoms with E-state index in [1.165, 1.54) is 0 Å². The van der Waals surface area contributed by atoms with Crippen LogP contribution in [-0.4, -0.2) is 58.0 Å². The third kappa shape index (κ3) is 4.85. The second-order valence-corrected chi connectivity index (χ2v) is 11.3. The first-order valence-corrected chi connectivity index (χ1v) is 13.5. The fourth-order valence-corrected chi connectivity index (χ4v) is 6.89. The van der Waals surface area contributed by atoms with Gasteiger partial charge in [-0.15, -0.1) is 0 Å². The average molecular weight is 520 g/mol. The van der Waals surface area contributed by atoms with Crippen LogP contribution in [0.15, 0.2) is 76.8 Å². The number of anilines is 2. The number of allylic oxidation sites excluding steroid dienone is 1. The van der Waals surface area contributed by atoms with Gasteiger partial charge in [-0.05, 0) is 55.7 Å². The maximum Gasteiger partial charge on any atom is 0.257 e. The lowest BCUT2D eigenvalue weighted by Crippen LogP contribution is -2.54. The van der Waals surface area contributed by atoms with Crippen LogP contribution in [-0.2, 0) is 0 Å². The van der Waals surface area contributed by atoms with Gasteiger partial charge in [0.1, 0.15) is 11.6 Å². The number of carbonyl (C=O) groups is 1. The number of hydrogen-bond acceptors (Lipinski definition) is 8. The summed E-state index contributed by atoms with van der Waals surface area (Å²) in [4.78, 5) is 27.8. The van der Waals surface area contributed by atoms with Crippen molar-refractivity contribution in [3.05, 3.63) is 78.8 Å². The standard InChI is InChI=1S/C27H29N5O2S2/c1-5-18(3)32-19-9-10-20(32)16-31(15-19)26(33)21-13-23(17(2)12-22(21)34-4)35-25-14-29-27(36-25)30-24-8-6-7-11-28-24/h5-8,11-14,19-20H,1,3,9-10,15-16H2,2,4H3,(H,28,29,30)/t19-,20+. The van der Waals surface area contributed by atoms with Crippen molar-refractivity contribution < 1.29 is 9.53 Å². The zero-order valence-electron chi connectivity index (χ0n) is 20.4. The predicted octanol–water partition coefficient (Wildman–Crippen LogP) is 5.74. The van der Waals surface area contributed by atoms with E-state index in [0.717, 1.165) is 44.2 Å². The van der Waals surface area contributed by atoms with Crippen LogP contribution in [0.4, 0.5) is 10.9 Å². The monoisotopic (exact) mass is 519 g/mol. The fourth-order valence-electron chi connectivity index (χ4n) is 4.94. The Morgan fingerprint density at radius 3 is 2.69 bits per heavy atom. The lowest BCUT2D eigenvalue weighted by Gasteiger charge is -2.42. The van der Waals surface area contributed by atoms with Crippen LogP contribution in [0.5, 0.6) is 5.75 Å². The number of ether oxygens (including phenoxy) is 1. The number of carbonyl (C=O) groups excluding carboxylic acids is 1. The van der Waals surface area contributed by atoms with Gasteiger partial charge in [-0.2, -0.15) is 0 Å². The molecule has 186 valence electrons. The summed E-state index contributed by atoms with van der Waals surface area (Å²) in [6.07, 6.45) is 7.52. The van der Waals surface area contributed by atoms with E-state index >= 15 is 0 Å². The highest BCUT2D eigenvalue weighted by Crippen LogP contribution is 2.40. The molecule has 1 aromatic carbocycles. The van der Waals surface area contributed by atoms with Crippen LogP contribution in [0, 0.1) is 6.92 Å². The van der Waals surface area contributed by atoms with Crippen molar-refractivity contribution in [2.75, 3.05) is 25.5 Å². The van der Waals surface area contributed by atoms with Crippen LogP contribution >= 0.6 is 23.1 Å².